The number of ether oxygens (including phenoxy) is 1. The third kappa shape index (κ3) is 3.84. The summed E-state index contributed by atoms with van der Waals surface area (Å²) in [5.74, 6) is -0.105. The Morgan fingerprint density at radius 1 is 1.53 bits per heavy atom. The van der Waals surface area contributed by atoms with Gasteiger partial charge in [0.15, 0.2) is 5.60 Å². The molecule has 3 heteroatoms. The van der Waals surface area contributed by atoms with Gasteiger partial charge in [0.1, 0.15) is 0 Å². The summed E-state index contributed by atoms with van der Waals surface area (Å²) in [6, 6.07) is 0. The molecule has 1 saturated carbocycles. The average molecular weight is 240 g/mol. The Morgan fingerprint density at radius 3 is 2.65 bits per heavy atom. The van der Waals surface area contributed by atoms with Gasteiger partial charge in [-0.15, -0.1) is 6.58 Å². The number of hydrogen-bond acceptors (Lipinski definition) is 2. The lowest BCUT2D eigenvalue weighted by Gasteiger charge is -2.36. The van der Waals surface area contributed by atoms with Crippen molar-refractivity contribution in [3.05, 3.63) is 12.7 Å². The highest BCUT2D eigenvalue weighted by Crippen LogP contribution is 2.37. The lowest BCUT2D eigenvalue weighted by molar-refractivity contribution is -0.172. The summed E-state index contributed by atoms with van der Waals surface area (Å²) < 4.78 is 5.63. The van der Waals surface area contributed by atoms with E-state index >= 15 is 0 Å². The van der Waals surface area contributed by atoms with E-state index in [0.29, 0.717) is 31.8 Å². The molecule has 1 aliphatic rings. The van der Waals surface area contributed by atoms with Crippen LogP contribution >= 0.6 is 0 Å². The van der Waals surface area contributed by atoms with Gasteiger partial charge in [0.05, 0.1) is 6.61 Å². The van der Waals surface area contributed by atoms with Crippen molar-refractivity contribution in [2.75, 3.05) is 6.61 Å². The van der Waals surface area contributed by atoms with Crippen LogP contribution in [0.5, 0.6) is 0 Å². The van der Waals surface area contributed by atoms with Gasteiger partial charge in [-0.25, -0.2) is 4.79 Å². The molecule has 1 N–H and O–H groups in total. The van der Waals surface area contributed by atoms with Crippen LogP contribution in [-0.4, -0.2) is 23.3 Å². The highest BCUT2D eigenvalue weighted by molar-refractivity contribution is 5.77. The summed E-state index contributed by atoms with van der Waals surface area (Å²) in [5.41, 5.74) is -0.923. The SMILES string of the molecule is C=CCCOC1(C(=O)O)CCC(CCC)CC1. The molecule has 0 atom stereocenters. The fraction of sp³-hybridized carbons (Fsp3) is 0.786. The molecule has 3 nitrogen and oxygen atoms in total. The molecule has 0 aromatic rings. The first kappa shape index (κ1) is 14.2. The van der Waals surface area contributed by atoms with E-state index in [1.165, 1.54) is 12.8 Å². The molecular weight excluding hydrogens is 216 g/mol. The molecule has 0 amide bonds. The van der Waals surface area contributed by atoms with E-state index < -0.39 is 11.6 Å². The maximum atomic E-state index is 11.4. The molecular formula is C14H24O3. The van der Waals surface area contributed by atoms with E-state index in [0.717, 1.165) is 12.8 Å². The fourth-order valence-electron chi connectivity index (χ4n) is 2.60. The number of carboxylic acid groups (broad SMARTS) is 1. The van der Waals surface area contributed by atoms with Gasteiger partial charge >= 0.3 is 5.97 Å². The quantitative estimate of drug-likeness (QED) is 0.548. The Bertz CT molecular complexity index is 252. The molecule has 0 aromatic carbocycles. The minimum absolute atomic E-state index is 0.467. The Hall–Kier alpha value is -0.830. The summed E-state index contributed by atoms with van der Waals surface area (Å²) >= 11 is 0. The molecule has 1 aliphatic carbocycles. The van der Waals surface area contributed by atoms with Crippen LogP contribution in [0.15, 0.2) is 12.7 Å². The molecule has 0 saturated heterocycles. The molecule has 0 spiro atoms. The van der Waals surface area contributed by atoms with E-state index in [1.54, 1.807) is 6.08 Å². The second-order valence-electron chi connectivity index (χ2n) is 4.96. The second-order valence-corrected chi connectivity index (χ2v) is 4.96. The zero-order valence-electron chi connectivity index (χ0n) is 10.8. The zero-order valence-corrected chi connectivity index (χ0v) is 10.8. The molecule has 0 heterocycles. The molecule has 17 heavy (non-hydrogen) atoms. The summed E-state index contributed by atoms with van der Waals surface area (Å²) in [6.07, 6.45) is 8.15. The minimum atomic E-state index is -0.923. The third-order valence-corrected chi connectivity index (χ3v) is 3.70. The number of carbonyl (C=O) groups is 1. The van der Waals surface area contributed by atoms with Gasteiger partial charge < -0.3 is 9.84 Å². The van der Waals surface area contributed by atoms with E-state index in [2.05, 4.69) is 13.5 Å². The molecule has 0 radical (unpaired) electrons. The summed E-state index contributed by atoms with van der Waals surface area (Å²) in [7, 11) is 0. The topological polar surface area (TPSA) is 46.5 Å². The number of carboxylic acids is 1. The highest BCUT2D eigenvalue weighted by atomic mass is 16.5. The van der Waals surface area contributed by atoms with Crippen LogP contribution in [-0.2, 0) is 9.53 Å². The van der Waals surface area contributed by atoms with Crippen molar-refractivity contribution in [3.8, 4) is 0 Å². The van der Waals surface area contributed by atoms with Gasteiger partial charge in [-0.1, -0.05) is 25.8 Å². The van der Waals surface area contributed by atoms with Crippen molar-refractivity contribution in [1.82, 2.24) is 0 Å². The smallest absolute Gasteiger partial charge is 0.335 e. The van der Waals surface area contributed by atoms with Gasteiger partial charge in [-0.3, -0.25) is 0 Å². The first-order valence-corrected chi connectivity index (χ1v) is 6.63. The fourth-order valence-corrected chi connectivity index (χ4v) is 2.60. The lowest BCUT2D eigenvalue weighted by atomic mass is 9.77. The second kappa shape index (κ2) is 6.80. The van der Waals surface area contributed by atoms with Crippen LogP contribution in [0.2, 0.25) is 0 Å². The van der Waals surface area contributed by atoms with Gasteiger partial charge in [0.2, 0.25) is 0 Å². The monoisotopic (exact) mass is 240 g/mol. The largest absolute Gasteiger partial charge is 0.479 e. The number of aliphatic carboxylic acids is 1. The van der Waals surface area contributed by atoms with E-state index in [-0.39, 0.29) is 0 Å². The Balaban J connectivity index is 2.51. The molecule has 1 rings (SSSR count). The summed E-state index contributed by atoms with van der Waals surface area (Å²) in [5, 5.41) is 9.35. The van der Waals surface area contributed by atoms with Crippen molar-refractivity contribution in [2.24, 2.45) is 5.92 Å². The average Bonchev–Trinajstić information content (AvgIpc) is 2.32. The Labute approximate surface area is 104 Å². The van der Waals surface area contributed by atoms with E-state index in [9.17, 15) is 9.90 Å². The van der Waals surface area contributed by atoms with Crippen LogP contribution in [0.25, 0.3) is 0 Å². The van der Waals surface area contributed by atoms with Gasteiger partial charge in [0, 0.05) is 0 Å². The normalized spacial score (nSPS) is 28.9. The van der Waals surface area contributed by atoms with Crippen LogP contribution in [0.1, 0.15) is 51.9 Å². The molecule has 0 unspecified atom stereocenters. The first-order chi connectivity index (χ1) is 8.14. The number of rotatable bonds is 7. The van der Waals surface area contributed by atoms with Crippen LogP contribution in [0.3, 0.4) is 0 Å². The first-order valence-electron chi connectivity index (χ1n) is 6.63. The van der Waals surface area contributed by atoms with Crippen molar-refractivity contribution in [1.29, 1.82) is 0 Å². The summed E-state index contributed by atoms with van der Waals surface area (Å²) in [6.45, 7) is 6.27. The molecule has 0 aliphatic heterocycles. The number of hydrogen-bond donors (Lipinski definition) is 1. The van der Waals surface area contributed by atoms with Crippen molar-refractivity contribution in [2.45, 2.75) is 57.5 Å². The minimum Gasteiger partial charge on any atom is -0.479 e. The van der Waals surface area contributed by atoms with Crippen molar-refractivity contribution < 1.29 is 14.6 Å². The van der Waals surface area contributed by atoms with Crippen LogP contribution < -0.4 is 0 Å². The molecule has 0 bridgehead atoms. The van der Waals surface area contributed by atoms with Crippen LogP contribution in [0, 0.1) is 5.92 Å². The zero-order chi connectivity index (χ0) is 12.7. The van der Waals surface area contributed by atoms with Crippen molar-refractivity contribution >= 4 is 5.97 Å². The summed E-state index contributed by atoms with van der Waals surface area (Å²) in [4.78, 5) is 11.4. The molecule has 0 aromatic heterocycles. The Morgan fingerprint density at radius 2 is 2.18 bits per heavy atom. The molecule has 98 valence electrons. The maximum Gasteiger partial charge on any atom is 0.335 e. The Kier molecular flexibility index (Phi) is 5.69. The van der Waals surface area contributed by atoms with E-state index in [4.69, 9.17) is 4.74 Å². The van der Waals surface area contributed by atoms with E-state index in [1.807, 2.05) is 0 Å². The van der Waals surface area contributed by atoms with Crippen molar-refractivity contribution in [3.63, 3.8) is 0 Å². The van der Waals surface area contributed by atoms with Crippen LogP contribution in [0.4, 0.5) is 0 Å². The predicted octanol–water partition coefficient (Wildman–Crippen LogP) is 3.39. The predicted molar refractivity (Wildman–Crippen MR) is 68.0 cm³/mol. The third-order valence-electron chi connectivity index (χ3n) is 3.70. The maximum absolute atomic E-state index is 11.4. The highest BCUT2D eigenvalue weighted by Gasteiger charge is 2.42. The van der Waals surface area contributed by atoms with Gasteiger partial charge in [0.25, 0.3) is 0 Å². The van der Waals surface area contributed by atoms with Gasteiger partial charge in [-0.2, -0.15) is 0 Å². The lowest BCUT2D eigenvalue weighted by Crippen LogP contribution is -2.45. The van der Waals surface area contributed by atoms with Gasteiger partial charge in [-0.05, 0) is 38.0 Å². The molecule has 1 fully saturated rings. The standard InChI is InChI=1S/C14H24O3/c1-3-5-11-17-14(13(15)16)9-7-12(6-4-2)8-10-14/h3,12H,1,4-11H2,2H3,(H,15,16).